The Balaban J connectivity index is 1.73. The van der Waals surface area contributed by atoms with Crippen molar-refractivity contribution in [1.82, 2.24) is 29.8 Å². The number of aromatic carboxylic acids is 1. The highest BCUT2D eigenvalue weighted by Gasteiger charge is 2.31. The van der Waals surface area contributed by atoms with Gasteiger partial charge in [-0.1, -0.05) is 65.0 Å². The monoisotopic (exact) mass is 813 g/mol. The molecule has 0 aliphatic carbocycles. The molecule has 0 aliphatic heterocycles. The quantitative estimate of drug-likeness (QED) is 0.0886. The minimum atomic E-state index is -4.93. The lowest BCUT2D eigenvalue weighted by molar-refractivity contribution is -0.326. The highest BCUT2D eigenvalue weighted by Crippen LogP contribution is 2.31. The maximum atomic E-state index is 13.5. The molecule has 0 fully saturated rings. The Morgan fingerprint density at radius 1 is 1.07 bits per heavy atom. The molecule has 0 bridgehead atoms. The van der Waals surface area contributed by atoms with Gasteiger partial charge in [-0.2, -0.15) is 4.98 Å². The van der Waals surface area contributed by atoms with Gasteiger partial charge in [0, 0.05) is 30.3 Å². The SMILES string of the molecule is C/C=C/C=C\C(CC(C)C)=C(/C)c1nc(NS(=O)(=O)c2cccc(C(=O)O)c2)nc(OC[C@@H](COC(F)(F)F)NCc2cnc3cc(C(C)(C)C)n(C)c3n2)c1C. The lowest BCUT2D eigenvalue weighted by atomic mass is 9.92. The van der Waals surface area contributed by atoms with Crippen LogP contribution in [0.4, 0.5) is 19.1 Å². The van der Waals surface area contributed by atoms with Crippen LogP contribution >= 0.6 is 0 Å². The van der Waals surface area contributed by atoms with E-state index >= 15 is 0 Å². The van der Waals surface area contributed by atoms with Gasteiger partial charge in [-0.05, 0) is 68.5 Å². The number of anilines is 1. The number of hydrogen-bond donors (Lipinski definition) is 3. The van der Waals surface area contributed by atoms with Crippen molar-refractivity contribution in [3.8, 4) is 5.88 Å². The molecule has 0 saturated carbocycles. The molecule has 57 heavy (non-hydrogen) atoms. The molecule has 4 rings (SSSR count). The molecule has 0 saturated heterocycles. The van der Waals surface area contributed by atoms with Gasteiger partial charge in [-0.25, -0.2) is 27.9 Å². The molecule has 0 unspecified atom stereocenters. The topological polar surface area (TPSA) is 170 Å². The first-order chi connectivity index (χ1) is 26.6. The lowest BCUT2D eigenvalue weighted by Gasteiger charge is -2.21. The van der Waals surface area contributed by atoms with Crippen molar-refractivity contribution < 1.29 is 41.0 Å². The number of sulfonamides is 1. The number of ether oxygens (including phenoxy) is 2. The Labute approximate surface area is 331 Å². The number of nitrogens with zero attached hydrogens (tertiary/aromatic N) is 5. The van der Waals surface area contributed by atoms with E-state index in [2.05, 4.69) is 50.5 Å². The summed E-state index contributed by atoms with van der Waals surface area (Å²) in [5.41, 5.74) is 4.65. The molecule has 0 aliphatic rings. The van der Waals surface area contributed by atoms with E-state index in [0.717, 1.165) is 17.3 Å². The number of aromatic nitrogens is 5. The van der Waals surface area contributed by atoms with Crippen LogP contribution in [0.15, 0.2) is 71.3 Å². The fraction of sp³-hybridized carbons (Fsp3) is 0.425. The predicted octanol–water partition coefficient (Wildman–Crippen LogP) is 7.89. The minimum absolute atomic E-state index is 0.0155. The third-order valence-electron chi connectivity index (χ3n) is 8.78. The van der Waals surface area contributed by atoms with Crippen LogP contribution in [-0.4, -0.2) is 69.6 Å². The van der Waals surface area contributed by atoms with E-state index in [0.29, 0.717) is 40.1 Å². The molecule has 0 amide bonds. The van der Waals surface area contributed by atoms with Gasteiger partial charge in [0.05, 0.1) is 40.7 Å². The smallest absolute Gasteiger partial charge is 0.478 e. The first-order valence-corrected chi connectivity index (χ1v) is 19.7. The van der Waals surface area contributed by atoms with E-state index in [4.69, 9.17) is 9.72 Å². The molecule has 308 valence electrons. The van der Waals surface area contributed by atoms with E-state index in [-0.39, 0.29) is 34.2 Å². The molecule has 1 aromatic carbocycles. The second kappa shape index (κ2) is 18.4. The van der Waals surface area contributed by atoms with Crippen molar-refractivity contribution in [2.75, 3.05) is 17.9 Å². The fourth-order valence-electron chi connectivity index (χ4n) is 5.95. The average molecular weight is 814 g/mol. The van der Waals surface area contributed by atoms with Crippen molar-refractivity contribution in [3.63, 3.8) is 0 Å². The number of fused-ring (bicyclic) bond motifs is 1. The van der Waals surface area contributed by atoms with Crippen LogP contribution in [0.5, 0.6) is 5.88 Å². The lowest BCUT2D eigenvalue weighted by Crippen LogP contribution is -2.40. The number of hydrogen-bond acceptors (Lipinski definition) is 10. The van der Waals surface area contributed by atoms with E-state index in [9.17, 15) is 31.5 Å². The number of nitrogens with one attached hydrogen (secondary N) is 2. The van der Waals surface area contributed by atoms with Crippen molar-refractivity contribution in [3.05, 3.63) is 94.6 Å². The number of benzene rings is 1. The molecular formula is C40H50F3N7O6S. The Bertz CT molecular complexity index is 2280. The Morgan fingerprint density at radius 3 is 2.42 bits per heavy atom. The van der Waals surface area contributed by atoms with Crippen LogP contribution in [0.1, 0.15) is 87.9 Å². The highest BCUT2D eigenvalue weighted by atomic mass is 32.2. The van der Waals surface area contributed by atoms with Crippen molar-refractivity contribution in [1.29, 1.82) is 0 Å². The second-order valence-electron chi connectivity index (χ2n) is 15.0. The fourth-order valence-corrected chi connectivity index (χ4v) is 6.94. The third kappa shape index (κ3) is 12.2. The molecule has 3 N–H and O–H groups in total. The number of carbonyl (C=O) groups is 1. The molecular weight excluding hydrogens is 764 g/mol. The number of carboxylic acid groups (broad SMARTS) is 1. The van der Waals surface area contributed by atoms with Crippen LogP contribution in [0, 0.1) is 12.8 Å². The molecule has 3 heterocycles. The van der Waals surface area contributed by atoms with Gasteiger partial charge in [-0.15, -0.1) is 13.2 Å². The minimum Gasteiger partial charge on any atom is -0.478 e. The zero-order chi connectivity index (χ0) is 42.3. The van der Waals surface area contributed by atoms with Gasteiger partial charge in [0.2, 0.25) is 11.8 Å². The summed E-state index contributed by atoms with van der Waals surface area (Å²) in [5.74, 6) is -1.59. The number of halogens is 3. The molecule has 13 nitrogen and oxygen atoms in total. The first kappa shape index (κ1) is 44.6. The largest absolute Gasteiger partial charge is 0.522 e. The van der Waals surface area contributed by atoms with E-state index in [1.54, 1.807) is 13.1 Å². The van der Waals surface area contributed by atoms with Gasteiger partial charge in [0.1, 0.15) is 12.1 Å². The van der Waals surface area contributed by atoms with Crippen molar-refractivity contribution in [2.45, 2.75) is 91.1 Å². The van der Waals surface area contributed by atoms with E-state index in [1.165, 1.54) is 18.2 Å². The average Bonchev–Trinajstić information content (AvgIpc) is 3.47. The Hall–Kier alpha value is -5.13. The number of rotatable bonds is 17. The van der Waals surface area contributed by atoms with Crippen LogP contribution < -0.4 is 14.8 Å². The summed E-state index contributed by atoms with van der Waals surface area (Å²) in [6.45, 7) is 14.5. The summed E-state index contributed by atoms with van der Waals surface area (Å²) >= 11 is 0. The van der Waals surface area contributed by atoms with E-state index in [1.807, 2.05) is 69.7 Å². The normalized spacial score (nSPS) is 13.8. The van der Waals surface area contributed by atoms with Gasteiger partial charge >= 0.3 is 12.3 Å². The molecule has 4 aromatic rings. The van der Waals surface area contributed by atoms with Crippen molar-refractivity contribution in [2.24, 2.45) is 13.0 Å². The second-order valence-corrected chi connectivity index (χ2v) is 16.6. The standard InChI is InChI=1S/C40H50F3N7O6S/c1-10-11-12-14-27(17-24(2)3)25(4)34-26(5)36(48-38(47-34)49-57(53,54)31-16-13-15-28(18-31)37(51)52)55-22-30(23-56-40(41,42)43)44-20-29-21-45-32-19-33(39(6,7)8)50(9)35(32)46-29/h10-16,18-19,21,24,30,44H,17,20,22-23H2,1-9H3,(H,51,52)(H,47,48,49)/b11-10+,14-12-,27-25-/t30-/m0/s1. The first-order valence-electron chi connectivity index (χ1n) is 18.2. The Kier molecular flexibility index (Phi) is 14.4. The van der Waals surface area contributed by atoms with Crippen molar-refractivity contribution >= 4 is 38.7 Å². The molecule has 1 atom stereocenters. The summed E-state index contributed by atoms with van der Waals surface area (Å²) in [5, 5.41) is 12.5. The molecule has 0 radical (unpaired) electrons. The summed E-state index contributed by atoms with van der Waals surface area (Å²) in [6.07, 6.45) is 4.78. The molecule has 0 spiro atoms. The van der Waals surface area contributed by atoms with Gasteiger partial charge in [0.25, 0.3) is 10.0 Å². The van der Waals surface area contributed by atoms with Crippen LogP contribution in [-0.2, 0) is 33.8 Å². The number of aryl methyl sites for hydroxylation is 1. The van der Waals surface area contributed by atoms with Crippen LogP contribution in [0.25, 0.3) is 16.7 Å². The predicted molar refractivity (Wildman–Crippen MR) is 212 cm³/mol. The summed E-state index contributed by atoms with van der Waals surface area (Å²) in [6, 6.07) is 5.65. The Morgan fingerprint density at radius 2 is 1.79 bits per heavy atom. The maximum absolute atomic E-state index is 13.5. The molecule has 3 aromatic heterocycles. The summed E-state index contributed by atoms with van der Waals surface area (Å²) in [7, 11) is -2.55. The van der Waals surface area contributed by atoms with Gasteiger partial charge in [-0.3, -0.25) is 9.72 Å². The van der Waals surface area contributed by atoms with Gasteiger partial charge < -0.3 is 19.7 Å². The maximum Gasteiger partial charge on any atom is 0.522 e. The zero-order valence-electron chi connectivity index (χ0n) is 33.5. The zero-order valence-corrected chi connectivity index (χ0v) is 34.3. The third-order valence-corrected chi connectivity index (χ3v) is 10.1. The van der Waals surface area contributed by atoms with Crippen LogP contribution in [0.3, 0.4) is 0 Å². The summed E-state index contributed by atoms with van der Waals surface area (Å²) < 4.78 is 81.5. The van der Waals surface area contributed by atoms with Gasteiger partial charge in [0.15, 0.2) is 5.65 Å². The number of carboxylic acids is 1. The highest BCUT2D eigenvalue weighted by molar-refractivity contribution is 7.92. The van der Waals surface area contributed by atoms with Crippen LogP contribution in [0.2, 0.25) is 0 Å². The summed E-state index contributed by atoms with van der Waals surface area (Å²) in [4.78, 5) is 29.3. The number of allylic oxidation sites excluding steroid dienone is 6. The van der Waals surface area contributed by atoms with E-state index < -0.39 is 47.6 Å². The number of alkyl halides is 3. The molecule has 17 heteroatoms.